The minimum atomic E-state index is -0.247. The van der Waals surface area contributed by atoms with Gasteiger partial charge in [0, 0.05) is 31.9 Å². The molecule has 1 unspecified atom stereocenters. The molecular formula is C14H21N5O. The normalized spacial score (nSPS) is 12.7. The molecule has 6 nitrogen and oxygen atoms in total. The van der Waals surface area contributed by atoms with Crippen LogP contribution in [0.1, 0.15) is 11.9 Å². The molecule has 6 heteroatoms. The number of hydrogen-bond donors (Lipinski definition) is 1. The second kappa shape index (κ2) is 6.02. The van der Waals surface area contributed by atoms with E-state index in [0.29, 0.717) is 18.3 Å². The molecular weight excluding hydrogens is 254 g/mol. The number of nitrogens with two attached hydrogens (primary N) is 1. The molecule has 108 valence electrons. The van der Waals surface area contributed by atoms with Gasteiger partial charge in [-0.05, 0) is 38.4 Å². The Morgan fingerprint density at radius 1 is 1.15 bits per heavy atom. The van der Waals surface area contributed by atoms with E-state index >= 15 is 0 Å². The molecule has 0 saturated heterocycles. The van der Waals surface area contributed by atoms with E-state index in [1.54, 1.807) is 0 Å². The minimum Gasteiger partial charge on any atom is -0.378 e. The molecule has 0 amide bonds. The first-order chi connectivity index (χ1) is 9.47. The maximum atomic E-state index is 6.02. The Morgan fingerprint density at radius 2 is 1.80 bits per heavy atom. The van der Waals surface area contributed by atoms with Crippen LogP contribution in [0.4, 0.5) is 5.69 Å². The Morgan fingerprint density at radius 3 is 2.35 bits per heavy atom. The molecule has 1 heterocycles. The lowest BCUT2D eigenvalue weighted by Crippen LogP contribution is -2.26. The fraction of sp³-hybridized carbons (Fsp3) is 0.429. The number of hydrogen-bond acceptors (Lipinski definition) is 6. The molecule has 1 aromatic carbocycles. The molecule has 0 fully saturated rings. The summed E-state index contributed by atoms with van der Waals surface area (Å²) in [6.07, 6.45) is 0. The van der Waals surface area contributed by atoms with Crippen molar-refractivity contribution in [1.29, 1.82) is 0 Å². The van der Waals surface area contributed by atoms with Crippen LogP contribution < -0.4 is 10.6 Å². The van der Waals surface area contributed by atoms with E-state index in [1.807, 2.05) is 62.3 Å². The van der Waals surface area contributed by atoms with Crippen molar-refractivity contribution in [1.82, 2.24) is 15.0 Å². The van der Waals surface area contributed by atoms with E-state index < -0.39 is 0 Å². The van der Waals surface area contributed by atoms with Gasteiger partial charge in [0.1, 0.15) is 0 Å². The quantitative estimate of drug-likeness (QED) is 0.888. The highest BCUT2D eigenvalue weighted by molar-refractivity contribution is 5.58. The summed E-state index contributed by atoms with van der Waals surface area (Å²) in [6.45, 7) is 0.679. The highest BCUT2D eigenvalue weighted by Crippen LogP contribution is 2.21. The summed E-state index contributed by atoms with van der Waals surface area (Å²) in [5.74, 6) is 1.03. The summed E-state index contributed by atoms with van der Waals surface area (Å²) in [4.78, 5) is 8.40. The summed E-state index contributed by atoms with van der Waals surface area (Å²) in [6, 6.07) is 7.70. The smallest absolute Gasteiger partial charge is 0.257 e. The molecule has 0 aliphatic heterocycles. The van der Waals surface area contributed by atoms with Crippen LogP contribution in [0.25, 0.3) is 11.5 Å². The molecule has 0 saturated carbocycles. The summed E-state index contributed by atoms with van der Waals surface area (Å²) in [5.41, 5.74) is 8.04. The van der Waals surface area contributed by atoms with Crippen LogP contribution in [0.2, 0.25) is 0 Å². The third-order valence-electron chi connectivity index (χ3n) is 2.97. The van der Waals surface area contributed by atoms with Crippen molar-refractivity contribution in [3.63, 3.8) is 0 Å². The van der Waals surface area contributed by atoms with Crippen molar-refractivity contribution in [2.45, 2.75) is 6.04 Å². The Kier molecular flexibility index (Phi) is 4.36. The average molecular weight is 275 g/mol. The highest BCUT2D eigenvalue weighted by atomic mass is 16.5. The lowest BCUT2D eigenvalue weighted by Gasteiger charge is -2.13. The number of rotatable bonds is 5. The van der Waals surface area contributed by atoms with Gasteiger partial charge in [0.05, 0.1) is 6.04 Å². The van der Waals surface area contributed by atoms with Crippen molar-refractivity contribution in [3.8, 4) is 11.5 Å². The Hall–Kier alpha value is -1.92. The summed E-state index contributed by atoms with van der Waals surface area (Å²) in [7, 11) is 7.92. The highest BCUT2D eigenvalue weighted by Gasteiger charge is 2.16. The number of benzene rings is 1. The van der Waals surface area contributed by atoms with Crippen LogP contribution in [0.5, 0.6) is 0 Å². The molecule has 1 atom stereocenters. The number of likely N-dealkylation sites (N-methyl/N-ethyl adjacent to an activating group) is 1. The second-order valence-electron chi connectivity index (χ2n) is 5.27. The zero-order chi connectivity index (χ0) is 14.7. The van der Waals surface area contributed by atoms with E-state index in [-0.39, 0.29) is 6.04 Å². The van der Waals surface area contributed by atoms with Gasteiger partial charge in [-0.3, -0.25) is 0 Å². The van der Waals surface area contributed by atoms with Crippen molar-refractivity contribution < 1.29 is 4.52 Å². The summed E-state index contributed by atoms with van der Waals surface area (Å²) >= 11 is 0. The first-order valence-corrected chi connectivity index (χ1v) is 6.49. The van der Waals surface area contributed by atoms with Gasteiger partial charge in [0.15, 0.2) is 5.82 Å². The molecule has 2 N–H and O–H groups in total. The van der Waals surface area contributed by atoms with Crippen LogP contribution in [-0.2, 0) is 0 Å². The van der Waals surface area contributed by atoms with Gasteiger partial charge in [0.25, 0.3) is 5.89 Å². The molecule has 0 aliphatic rings. The SMILES string of the molecule is CN(C)CC(N)c1noc(-c2ccc(N(C)C)cc2)n1. The predicted octanol–water partition coefficient (Wildman–Crippen LogP) is 1.36. The fourth-order valence-corrected chi connectivity index (χ4v) is 1.88. The van der Waals surface area contributed by atoms with Crippen LogP contribution in [0, 0.1) is 0 Å². The van der Waals surface area contributed by atoms with E-state index in [0.717, 1.165) is 11.3 Å². The monoisotopic (exact) mass is 275 g/mol. The van der Waals surface area contributed by atoms with Gasteiger partial charge >= 0.3 is 0 Å². The molecule has 20 heavy (non-hydrogen) atoms. The molecule has 2 aromatic rings. The van der Waals surface area contributed by atoms with Crippen LogP contribution in [0.3, 0.4) is 0 Å². The summed E-state index contributed by atoms with van der Waals surface area (Å²) < 4.78 is 5.28. The van der Waals surface area contributed by atoms with Crippen LogP contribution >= 0.6 is 0 Å². The Bertz CT molecular complexity index is 547. The van der Waals surface area contributed by atoms with Crippen molar-refractivity contribution in [3.05, 3.63) is 30.1 Å². The minimum absolute atomic E-state index is 0.247. The standard InChI is InChI=1S/C14H21N5O/c1-18(2)9-12(15)13-16-14(20-17-13)10-5-7-11(8-6-10)19(3)4/h5-8,12H,9,15H2,1-4H3. The van der Waals surface area contributed by atoms with E-state index in [9.17, 15) is 0 Å². The average Bonchev–Trinajstić information content (AvgIpc) is 2.87. The second-order valence-corrected chi connectivity index (χ2v) is 5.27. The lowest BCUT2D eigenvalue weighted by atomic mass is 10.2. The van der Waals surface area contributed by atoms with E-state index in [4.69, 9.17) is 10.3 Å². The van der Waals surface area contributed by atoms with Crippen LogP contribution in [-0.4, -0.2) is 49.8 Å². The van der Waals surface area contributed by atoms with Crippen molar-refractivity contribution in [2.24, 2.45) is 5.73 Å². The topological polar surface area (TPSA) is 71.4 Å². The number of nitrogens with zero attached hydrogens (tertiary/aromatic N) is 4. The maximum absolute atomic E-state index is 6.02. The van der Waals surface area contributed by atoms with Crippen molar-refractivity contribution in [2.75, 3.05) is 39.6 Å². The third kappa shape index (κ3) is 3.34. The molecule has 1 aromatic heterocycles. The molecule has 2 rings (SSSR count). The first kappa shape index (κ1) is 14.5. The largest absolute Gasteiger partial charge is 0.378 e. The van der Waals surface area contributed by atoms with E-state index in [2.05, 4.69) is 10.1 Å². The zero-order valence-corrected chi connectivity index (χ0v) is 12.4. The zero-order valence-electron chi connectivity index (χ0n) is 12.4. The van der Waals surface area contributed by atoms with Gasteiger partial charge in [-0.1, -0.05) is 5.16 Å². The molecule has 0 bridgehead atoms. The molecule has 0 spiro atoms. The van der Waals surface area contributed by atoms with Gasteiger partial charge < -0.3 is 20.1 Å². The lowest BCUT2D eigenvalue weighted by molar-refractivity contribution is 0.357. The fourth-order valence-electron chi connectivity index (χ4n) is 1.88. The summed E-state index contributed by atoms with van der Waals surface area (Å²) in [5, 5.41) is 3.95. The Balaban J connectivity index is 2.16. The van der Waals surface area contributed by atoms with Gasteiger partial charge in [-0.25, -0.2) is 0 Å². The van der Waals surface area contributed by atoms with Gasteiger partial charge in [-0.2, -0.15) is 4.98 Å². The van der Waals surface area contributed by atoms with Crippen molar-refractivity contribution >= 4 is 5.69 Å². The number of aromatic nitrogens is 2. The Labute approximate surface area is 119 Å². The van der Waals surface area contributed by atoms with E-state index in [1.165, 1.54) is 0 Å². The van der Waals surface area contributed by atoms with Gasteiger partial charge in [-0.15, -0.1) is 0 Å². The third-order valence-corrected chi connectivity index (χ3v) is 2.97. The predicted molar refractivity (Wildman–Crippen MR) is 79.5 cm³/mol. The number of anilines is 1. The van der Waals surface area contributed by atoms with Crippen LogP contribution in [0.15, 0.2) is 28.8 Å². The molecule has 0 radical (unpaired) electrons. The molecule has 0 aliphatic carbocycles. The maximum Gasteiger partial charge on any atom is 0.257 e. The first-order valence-electron chi connectivity index (χ1n) is 6.49. The van der Waals surface area contributed by atoms with Gasteiger partial charge in [0.2, 0.25) is 0 Å².